The van der Waals surface area contributed by atoms with Gasteiger partial charge in [0, 0.05) is 5.54 Å². The Balaban J connectivity index is 2.42. The van der Waals surface area contributed by atoms with Crippen molar-refractivity contribution in [3.05, 3.63) is 35.1 Å². The number of halogens is 1. The zero-order valence-corrected chi connectivity index (χ0v) is 13.9. The van der Waals surface area contributed by atoms with Crippen molar-refractivity contribution in [2.45, 2.75) is 58.5 Å². The van der Waals surface area contributed by atoms with Gasteiger partial charge in [-0.05, 0) is 76.0 Å². The molecule has 0 amide bonds. The summed E-state index contributed by atoms with van der Waals surface area (Å²) in [5.41, 5.74) is 2.31. The van der Waals surface area contributed by atoms with Crippen molar-refractivity contribution >= 4 is 0 Å². The normalized spacial score (nSPS) is 20.4. The molecule has 2 atom stereocenters. The van der Waals surface area contributed by atoms with Crippen molar-refractivity contribution in [2.24, 2.45) is 0 Å². The highest BCUT2D eigenvalue weighted by Crippen LogP contribution is 2.37. The van der Waals surface area contributed by atoms with Crippen LogP contribution >= 0.6 is 0 Å². The highest BCUT2D eigenvalue weighted by molar-refractivity contribution is 5.32. The van der Waals surface area contributed by atoms with Gasteiger partial charge in [-0.1, -0.05) is 19.9 Å². The van der Waals surface area contributed by atoms with E-state index in [1.807, 2.05) is 6.07 Å². The number of rotatable bonds is 6. The predicted molar refractivity (Wildman–Crippen MR) is 87.1 cm³/mol. The van der Waals surface area contributed by atoms with E-state index in [0.717, 1.165) is 31.6 Å². The summed E-state index contributed by atoms with van der Waals surface area (Å²) < 4.78 is 13.8. The molecule has 1 aliphatic heterocycles. The topological polar surface area (TPSA) is 15.3 Å². The van der Waals surface area contributed by atoms with Gasteiger partial charge in [-0.2, -0.15) is 0 Å². The maximum atomic E-state index is 13.8. The predicted octanol–water partition coefficient (Wildman–Crippen LogP) is 4.05. The average molecular weight is 292 g/mol. The molecule has 0 saturated carbocycles. The second-order valence-electron chi connectivity index (χ2n) is 6.40. The van der Waals surface area contributed by atoms with Crippen LogP contribution in [0.2, 0.25) is 0 Å². The fourth-order valence-corrected chi connectivity index (χ4v) is 3.63. The van der Waals surface area contributed by atoms with Crippen molar-refractivity contribution in [3.8, 4) is 0 Å². The van der Waals surface area contributed by atoms with Gasteiger partial charge >= 0.3 is 0 Å². The first kappa shape index (κ1) is 16.4. The largest absolute Gasteiger partial charge is 0.309 e. The Morgan fingerprint density at radius 3 is 2.52 bits per heavy atom. The van der Waals surface area contributed by atoms with Crippen LogP contribution in [-0.4, -0.2) is 30.1 Å². The quantitative estimate of drug-likeness (QED) is 0.851. The molecule has 1 aromatic carbocycles. The first-order valence-electron chi connectivity index (χ1n) is 8.27. The molecule has 0 bridgehead atoms. The number of hydrogen-bond acceptors (Lipinski definition) is 2. The minimum Gasteiger partial charge on any atom is -0.309 e. The van der Waals surface area contributed by atoms with Crippen LogP contribution in [0, 0.1) is 12.7 Å². The van der Waals surface area contributed by atoms with E-state index in [-0.39, 0.29) is 17.4 Å². The zero-order valence-electron chi connectivity index (χ0n) is 13.9. The summed E-state index contributed by atoms with van der Waals surface area (Å²) in [4.78, 5) is 2.59. The van der Waals surface area contributed by atoms with E-state index in [1.165, 1.54) is 18.4 Å². The van der Waals surface area contributed by atoms with Crippen LogP contribution < -0.4 is 5.32 Å². The number of likely N-dealkylation sites (N-methyl/N-ethyl adjacent to an activating group) is 1. The lowest BCUT2D eigenvalue weighted by atomic mass is 9.81. The standard InChI is InChI=1S/C18H29FN2/c1-5-18(4,21-11-7-8-12-21)17(20-6-2)16-13-15(19)10-9-14(16)3/h9-10,13,17,20H,5-8,11-12H2,1-4H3. The van der Waals surface area contributed by atoms with Gasteiger partial charge in [0.15, 0.2) is 0 Å². The minimum atomic E-state index is -0.140. The number of nitrogens with zero attached hydrogens (tertiary/aromatic N) is 1. The lowest BCUT2D eigenvalue weighted by molar-refractivity contribution is 0.0843. The van der Waals surface area contributed by atoms with Crippen LogP contribution in [0.5, 0.6) is 0 Å². The summed E-state index contributed by atoms with van der Waals surface area (Å²) in [6, 6.07) is 5.34. The summed E-state index contributed by atoms with van der Waals surface area (Å²) in [7, 11) is 0. The molecule has 1 N–H and O–H groups in total. The van der Waals surface area contributed by atoms with Crippen LogP contribution in [0.1, 0.15) is 57.2 Å². The Bertz CT molecular complexity index is 468. The molecule has 1 aliphatic rings. The van der Waals surface area contributed by atoms with Gasteiger partial charge in [0.25, 0.3) is 0 Å². The second kappa shape index (κ2) is 6.89. The summed E-state index contributed by atoms with van der Waals surface area (Å²) in [6.45, 7) is 12.0. The monoisotopic (exact) mass is 292 g/mol. The molecule has 0 spiro atoms. The Morgan fingerprint density at radius 1 is 1.29 bits per heavy atom. The fraction of sp³-hybridized carbons (Fsp3) is 0.667. The molecule has 0 radical (unpaired) electrons. The van der Waals surface area contributed by atoms with Crippen molar-refractivity contribution in [3.63, 3.8) is 0 Å². The molecule has 0 aliphatic carbocycles. The van der Waals surface area contributed by atoms with E-state index in [0.29, 0.717) is 0 Å². The number of hydrogen-bond donors (Lipinski definition) is 1. The Morgan fingerprint density at radius 2 is 1.95 bits per heavy atom. The molecule has 21 heavy (non-hydrogen) atoms. The summed E-state index contributed by atoms with van der Waals surface area (Å²) in [5.74, 6) is -0.140. The first-order valence-corrected chi connectivity index (χ1v) is 8.27. The molecule has 1 saturated heterocycles. The van der Waals surface area contributed by atoms with Gasteiger partial charge in [-0.15, -0.1) is 0 Å². The second-order valence-corrected chi connectivity index (χ2v) is 6.40. The lowest BCUT2D eigenvalue weighted by Crippen LogP contribution is -2.53. The van der Waals surface area contributed by atoms with Gasteiger partial charge in [0.2, 0.25) is 0 Å². The molecule has 2 nitrogen and oxygen atoms in total. The van der Waals surface area contributed by atoms with Crippen LogP contribution in [0.4, 0.5) is 4.39 Å². The van der Waals surface area contributed by atoms with E-state index in [4.69, 9.17) is 0 Å². The number of nitrogens with one attached hydrogen (secondary N) is 1. The average Bonchev–Trinajstić information content (AvgIpc) is 3.01. The van der Waals surface area contributed by atoms with E-state index in [1.54, 1.807) is 12.1 Å². The van der Waals surface area contributed by atoms with E-state index in [2.05, 4.69) is 37.9 Å². The van der Waals surface area contributed by atoms with Crippen molar-refractivity contribution in [1.82, 2.24) is 10.2 Å². The van der Waals surface area contributed by atoms with Crippen LogP contribution in [0.25, 0.3) is 0 Å². The highest BCUT2D eigenvalue weighted by atomic mass is 19.1. The van der Waals surface area contributed by atoms with E-state index >= 15 is 0 Å². The molecule has 1 heterocycles. The third-order valence-electron chi connectivity index (χ3n) is 5.13. The number of likely N-dealkylation sites (tertiary alicyclic amines) is 1. The van der Waals surface area contributed by atoms with E-state index in [9.17, 15) is 4.39 Å². The summed E-state index contributed by atoms with van der Waals surface area (Å²) >= 11 is 0. The van der Waals surface area contributed by atoms with Gasteiger partial charge in [0.05, 0.1) is 6.04 Å². The minimum absolute atomic E-state index is 0.0328. The third-order valence-corrected chi connectivity index (χ3v) is 5.13. The van der Waals surface area contributed by atoms with Crippen molar-refractivity contribution in [1.29, 1.82) is 0 Å². The van der Waals surface area contributed by atoms with Gasteiger partial charge in [0.1, 0.15) is 5.82 Å². The number of aryl methyl sites for hydroxylation is 1. The molecule has 3 heteroatoms. The highest BCUT2D eigenvalue weighted by Gasteiger charge is 2.40. The SMILES string of the molecule is CCNC(c1cc(F)ccc1C)C(C)(CC)N1CCCC1. The molecule has 118 valence electrons. The Labute approximate surface area is 128 Å². The summed E-state index contributed by atoms with van der Waals surface area (Å²) in [6.07, 6.45) is 3.60. The Hall–Kier alpha value is -0.930. The van der Waals surface area contributed by atoms with E-state index < -0.39 is 0 Å². The van der Waals surface area contributed by atoms with Gasteiger partial charge < -0.3 is 5.32 Å². The van der Waals surface area contributed by atoms with Crippen molar-refractivity contribution in [2.75, 3.05) is 19.6 Å². The summed E-state index contributed by atoms with van der Waals surface area (Å²) in [5, 5.41) is 3.63. The molecule has 2 unspecified atom stereocenters. The van der Waals surface area contributed by atoms with Crippen LogP contribution in [-0.2, 0) is 0 Å². The maximum Gasteiger partial charge on any atom is 0.123 e. The molecular formula is C18H29FN2. The lowest BCUT2D eigenvalue weighted by Gasteiger charge is -2.45. The smallest absolute Gasteiger partial charge is 0.123 e. The number of benzene rings is 1. The third kappa shape index (κ3) is 3.29. The molecular weight excluding hydrogens is 263 g/mol. The Kier molecular flexibility index (Phi) is 5.39. The molecule has 1 aromatic rings. The van der Waals surface area contributed by atoms with Crippen molar-refractivity contribution < 1.29 is 4.39 Å². The van der Waals surface area contributed by atoms with Crippen LogP contribution in [0.15, 0.2) is 18.2 Å². The molecule has 2 rings (SSSR count). The molecule has 0 aromatic heterocycles. The van der Waals surface area contributed by atoms with Crippen LogP contribution in [0.3, 0.4) is 0 Å². The zero-order chi connectivity index (χ0) is 15.5. The fourth-order valence-electron chi connectivity index (χ4n) is 3.63. The van der Waals surface area contributed by atoms with Gasteiger partial charge in [-0.25, -0.2) is 4.39 Å². The van der Waals surface area contributed by atoms with Gasteiger partial charge in [-0.3, -0.25) is 4.90 Å². The molecule has 1 fully saturated rings. The first-order chi connectivity index (χ1) is 10.0. The maximum absolute atomic E-state index is 13.8.